The van der Waals surface area contributed by atoms with Crippen LogP contribution >= 0.6 is 0 Å². The highest BCUT2D eigenvalue weighted by Gasteiger charge is 2.17. The maximum Gasteiger partial charge on any atom is 0.337 e. The summed E-state index contributed by atoms with van der Waals surface area (Å²) < 4.78 is 9.37. The highest BCUT2D eigenvalue weighted by Crippen LogP contribution is 2.18. The molecule has 0 aromatic heterocycles. The van der Waals surface area contributed by atoms with Crippen molar-refractivity contribution in [2.24, 2.45) is 5.92 Å². The second-order valence-corrected chi connectivity index (χ2v) is 3.42. The lowest BCUT2D eigenvalue weighted by Gasteiger charge is -2.14. The molecule has 0 spiro atoms. The summed E-state index contributed by atoms with van der Waals surface area (Å²) in [4.78, 5) is 11.1. The van der Waals surface area contributed by atoms with Gasteiger partial charge in [0.2, 0.25) is 0 Å². The number of nitrogens with one attached hydrogen (secondary N) is 2. The minimum absolute atomic E-state index is 0.0617. The predicted octanol–water partition coefficient (Wildman–Crippen LogP) is 2.15. The van der Waals surface area contributed by atoms with E-state index in [0.29, 0.717) is 12.0 Å². The average molecular weight is 270 g/mol. The molecule has 2 N–H and O–H groups in total. The number of hydrogen-bond donors (Lipinski definition) is 2. The molecule has 5 heteroatoms. The van der Waals surface area contributed by atoms with E-state index in [1.807, 2.05) is 27.9 Å². The third-order valence-electron chi connectivity index (χ3n) is 2.08. The molecule has 1 rings (SSSR count). The predicted molar refractivity (Wildman–Crippen MR) is 78.4 cm³/mol. The Morgan fingerprint density at radius 1 is 1.32 bits per heavy atom. The van der Waals surface area contributed by atoms with E-state index in [9.17, 15) is 4.79 Å². The Hall–Kier alpha value is -1.62. The molecule has 1 aliphatic rings. The van der Waals surface area contributed by atoms with Crippen molar-refractivity contribution in [3.05, 3.63) is 23.8 Å². The topological polar surface area (TPSA) is 71.4 Å². The molecule has 0 aliphatic heterocycles. The van der Waals surface area contributed by atoms with Gasteiger partial charge in [0.25, 0.3) is 0 Å². The zero-order valence-corrected chi connectivity index (χ0v) is 12.7. The van der Waals surface area contributed by atoms with Crippen LogP contribution in [-0.4, -0.2) is 40.2 Å². The summed E-state index contributed by atoms with van der Waals surface area (Å²) in [6.07, 6.45) is 5.79. The maximum atomic E-state index is 11.1. The third-order valence-corrected chi connectivity index (χ3v) is 2.08. The fraction of sp³-hybridized carbons (Fsp3) is 0.571. The highest BCUT2D eigenvalue weighted by atomic mass is 16.5. The zero-order chi connectivity index (χ0) is 15.3. The van der Waals surface area contributed by atoms with Gasteiger partial charge in [-0.25, -0.2) is 4.79 Å². The number of allylic oxidation sites excluding steroid dienone is 1. The molecule has 0 saturated heterocycles. The van der Waals surface area contributed by atoms with Gasteiger partial charge in [0.15, 0.2) is 5.90 Å². The lowest BCUT2D eigenvalue weighted by atomic mass is 9.96. The Bertz CT molecular complexity index is 323. The Morgan fingerprint density at radius 3 is 2.16 bits per heavy atom. The highest BCUT2D eigenvalue weighted by molar-refractivity contribution is 5.92. The summed E-state index contributed by atoms with van der Waals surface area (Å²) in [6, 6.07) is 0. The van der Waals surface area contributed by atoms with E-state index in [-0.39, 0.29) is 17.8 Å². The number of hydrogen-bond acceptors (Lipinski definition) is 5. The van der Waals surface area contributed by atoms with Crippen molar-refractivity contribution in [1.82, 2.24) is 5.32 Å². The van der Waals surface area contributed by atoms with Crippen molar-refractivity contribution in [2.75, 3.05) is 28.3 Å². The molecule has 0 heterocycles. The van der Waals surface area contributed by atoms with Gasteiger partial charge in [0, 0.05) is 0 Å². The van der Waals surface area contributed by atoms with Crippen molar-refractivity contribution in [3.8, 4) is 0 Å². The number of ether oxygens (including phenoxy) is 2. The molecule has 0 radical (unpaired) electrons. The van der Waals surface area contributed by atoms with Crippen LogP contribution in [0.2, 0.25) is 0 Å². The summed E-state index contributed by atoms with van der Waals surface area (Å²) in [5.74, 6) is -0.196. The van der Waals surface area contributed by atoms with Gasteiger partial charge in [-0.3, -0.25) is 5.41 Å². The first-order valence-electron chi connectivity index (χ1n) is 6.28. The molecule has 1 atom stereocenters. The summed E-state index contributed by atoms with van der Waals surface area (Å²) >= 11 is 0. The molecule has 0 fully saturated rings. The van der Waals surface area contributed by atoms with E-state index in [1.165, 1.54) is 14.2 Å². The number of carbonyl (C=O) groups is 1. The van der Waals surface area contributed by atoms with Crippen LogP contribution in [0.25, 0.3) is 0 Å². The van der Waals surface area contributed by atoms with Gasteiger partial charge >= 0.3 is 5.97 Å². The Balaban J connectivity index is 0. The average Bonchev–Trinajstić information content (AvgIpc) is 2.48. The van der Waals surface area contributed by atoms with E-state index in [1.54, 1.807) is 18.2 Å². The molecular formula is C14H26N2O3. The SMILES string of the molecule is CC.CNC.COC(=N)C1C=CC(C(=O)OC)=CC1. The van der Waals surface area contributed by atoms with Crippen LogP contribution in [0.15, 0.2) is 23.8 Å². The number of esters is 1. The quantitative estimate of drug-likeness (QED) is 0.458. The molecule has 1 unspecified atom stereocenters. The first-order valence-corrected chi connectivity index (χ1v) is 6.28. The van der Waals surface area contributed by atoms with Gasteiger partial charge in [-0.15, -0.1) is 0 Å². The standard InChI is InChI=1S/C10H13NO3.C2H7N.C2H6/c1-13-9(11)7-3-5-8(6-4-7)10(12)14-2;1-3-2;1-2/h3,5-7,11H,4H2,1-2H3;3H,1-2H3;1-2H3. The fourth-order valence-corrected chi connectivity index (χ4v) is 1.24. The maximum absolute atomic E-state index is 11.1. The van der Waals surface area contributed by atoms with Crippen LogP contribution in [0.4, 0.5) is 0 Å². The van der Waals surface area contributed by atoms with Crippen LogP contribution in [0.5, 0.6) is 0 Å². The minimum atomic E-state index is -0.344. The Labute approximate surface area is 116 Å². The largest absolute Gasteiger partial charge is 0.484 e. The summed E-state index contributed by atoms with van der Waals surface area (Å²) in [5.41, 5.74) is 0.535. The van der Waals surface area contributed by atoms with E-state index >= 15 is 0 Å². The van der Waals surface area contributed by atoms with Gasteiger partial charge in [-0.2, -0.15) is 0 Å². The normalized spacial score (nSPS) is 15.9. The first-order chi connectivity index (χ1) is 9.10. The monoisotopic (exact) mass is 270 g/mol. The van der Waals surface area contributed by atoms with Gasteiger partial charge < -0.3 is 14.8 Å². The molecule has 0 aromatic carbocycles. The summed E-state index contributed by atoms with van der Waals surface area (Å²) in [6.45, 7) is 4.00. The molecule has 5 nitrogen and oxygen atoms in total. The van der Waals surface area contributed by atoms with E-state index in [0.717, 1.165) is 0 Å². The van der Waals surface area contributed by atoms with E-state index in [2.05, 4.69) is 10.1 Å². The fourth-order valence-electron chi connectivity index (χ4n) is 1.24. The lowest BCUT2D eigenvalue weighted by molar-refractivity contribution is -0.135. The second-order valence-electron chi connectivity index (χ2n) is 3.42. The summed E-state index contributed by atoms with van der Waals surface area (Å²) in [5, 5.41) is 10.2. The number of carbonyl (C=O) groups excluding carboxylic acids is 1. The van der Waals surface area contributed by atoms with Crippen LogP contribution in [-0.2, 0) is 14.3 Å². The van der Waals surface area contributed by atoms with Gasteiger partial charge in [-0.1, -0.05) is 32.1 Å². The van der Waals surface area contributed by atoms with Crippen molar-refractivity contribution >= 4 is 11.9 Å². The Morgan fingerprint density at radius 2 is 1.84 bits per heavy atom. The van der Waals surface area contributed by atoms with E-state index < -0.39 is 0 Å². The van der Waals surface area contributed by atoms with Crippen molar-refractivity contribution in [3.63, 3.8) is 0 Å². The zero-order valence-electron chi connectivity index (χ0n) is 12.7. The van der Waals surface area contributed by atoms with Crippen LogP contribution < -0.4 is 5.32 Å². The van der Waals surface area contributed by atoms with Crippen molar-refractivity contribution in [2.45, 2.75) is 20.3 Å². The molecule has 0 saturated carbocycles. The van der Waals surface area contributed by atoms with Crippen molar-refractivity contribution < 1.29 is 14.3 Å². The molecule has 19 heavy (non-hydrogen) atoms. The number of methoxy groups -OCH3 is 2. The van der Waals surface area contributed by atoms with Gasteiger partial charge in [-0.05, 0) is 20.5 Å². The van der Waals surface area contributed by atoms with Crippen LogP contribution in [0, 0.1) is 11.3 Å². The smallest absolute Gasteiger partial charge is 0.337 e. The van der Waals surface area contributed by atoms with Gasteiger partial charge in [0.1, 0.15) is 0 Å². The van der Waals surface area contributed by atoms with Gasteiger partial charge in [0.05, 0.1) is 25.7 Å². The summed E-state index contributed by atoms with van der Waals surface area (Å²) in [7, 11) is 6.57. The first kappa shape index (κ1) is 19.7. The lowest BCUT2D eigenvalue weighted by Crippen LogP contribution is -2.16. The third kappa shape index (κ3) is 8.15. The minimum Gasteiger partial charge on any atom is -0.484 e. The van der Waals surface area contributed by atoms with Crippen LogP contribution in [0.1, 0.15) is 20.3 Å². The molecule has 110 valence electrons. The molecule has 0 aromatic rings. The van der Waals surface area contributed by atoms with Crippen LogP contribution in [0.3, 0.4) is 0 Å². The molecule has 0 bridgehead atoms. The molecule has 0 amide bonds. The number of rotatable bonds is 2. The second kappa shape index (κ2) is 12.8. The molecule has 1 aliphatic carbocycles. The van der Waals surface area contributed by atoms with E-state index in [4.69, 9.17) is 10.1 Å². The molecular weight excluding hydrogens is 244 g/mol. The van der Waals surface area contributed by atoms with Crippen molar-refractivity contribution in [1.29, 1.82) is 5.41 Å². The Kier molecular flexibility index (Phi) is 13.3.